The maximum absolute atomic E-state index is 13.5. The molecule has 0 spiro atoms. The van der Waals surface area contributed by atoms with Crippen molar-refractivity contribution in [3.05, 3.63) is 83.3 Å². The molecule has 9 nitrogen and oxygen atoms in total. The second-order valence-corrected chi connectivity index (χ2v) is 8.64. The fraction of sp³-hybridized carbons (Fsp3) is 0.231. The molecule has 36 heavy (non-hydrogen) atoms. The Morgan fingerprint density at radius 3 is 2.69 bits per heavy atom. The van der Waals surface area contributed by atoms with E-state index in [9.17, 15) is 19.1 Å². The predicted molar refractivity (Wildman–Crippen MR) is 130 cm³/mol. The Morgan fingerprint density at radius 1 is 1.25 bits per heavy atom. The number of carbonyl (C=O) groups excluding carboxylic acids is 1. The van der Waals surface area contributed by atoms with Gasteiger partial charge in [0.15, 0.2) is 0 Å². The molecule has 1 saturated heterocycles. The SMILES string of the molecule is COc1cc(C=C2N=C3N(CC(=O)O)CC[C@H](c4ccc(F)cc4)N3C2=O)ccc1-n1cnc(C)c1. The zero-order valence-electron chi connectivity index (χ0n) is 19.8. The number of aliphatic carboxylic acids is 1. The van der Waals surface area contributed by atoms with Crippen molar-refractivity contribution in [2.45, 2.75) is 19.4 Å². The molecule has 3 aromatic rings. The molecule has 3 heterocycles. The number of benzene rings is 2. The quantitative estimate of drug-likeness (QED) is 0.533. The lowest BCUT2D eigenvalue weighted by molar-refractivity contribution is -0.138. The van der Waals surface area contributed by atoms with Crippen LogP contribution in [0.1, 0.15) is 29.3 Å². The van der Waals surface area contributed by atoms with Crippen LogP contribution >= 0.6 is 0 Å². The number of imidazole rings is 1. The Labute approximate surface area is 206 Å². The second kappa shape index (κ2) is 9.29. The number of rotatable bonds is 6. The maximum atomic E-state index is 13.5. The normalized spacial score (nSPS) is 18.4. The summed E-state index contributed by atoms with van der Waals surface area (Å²) in [5, 5.41) is 9.37. The van der Waals surface area contributed by atoms with Crippen LogP contribution in [0.2, 0.25) is 0 Å². The summed E-state index contributed by atoms with van der Waals surface area (Å²) in [5.41, 5.74) is 3.31. The Bertz CT molecular complexity index is 1400. The first-order valence-corrected chi connectivity index (χ1v) is 11.4. The van der Waals surface area contributed by atoms with E-state index in [4.69, 9.17) is 4.74 Å². The van der Waals surface area contributed by atoms with E-state index in [0.29, 0.717) is 24.3 Å². The first kappa shape index (κ1) is 23.3. The summed E-state index contributed by atoms with van der Waals surface area (Å²) in [6, 6.07) is 11.1. The Balaban J connectivity index is 1.51. The average Bonchev–Trinajstić information content (AvgIpc) is 3.43. The van der Waals surface area contributed by atoms with E-state index in [1.807, 2.05) is 29.8 Å². The third-order valence-electron chi connectivity index (χ3n) is 6.22. The van der Waals surface area contributed by atoms with E-state index in [0.717, 1.165) is 16.9 Å². The van der Waals surface area contributed by atoms with Crippen molar-refractivity contribution < 1.29 is 23.8 Å². The van der Waals surface area contributed by atoms with Gasteiger partial charge in [-0.2, -0.15) is 0 Å². The summed E-state index contributed by atoms with van der Waals surface area (Å²) < 4.78 is 20.9. The van der Waals surface area contributed by atoms with Crippen LogP contribution in [0.4, 0.5) is 4.39 Å². The minimum Gasteiger partial charge on any atom is -0.495 e. The van der Waals surface area contributed by atoms with E-state index < -0.39 is 5.97 Å². The van der Waals surface area contributed by atoms with Gasteiger partial charge < -0.3 is 19.3 Å². The summed E-state index contributed by atoms with van der Waals surface area (Å²) in [6.07, 6.45) is 5.72. The van der Waals surface area contributed by atoms with Crippen LogP contribution < -0.4 is 4.74 Å². The number of aliphatic imine (C=N–C) groups is 1. The number of guanidine groups is 1. The smallest absolute Gasteiger partial charge is 0.323 e. The summed E-state index contributed by atoms with van der Waals surface area (Å²) in [4.78, 5) is 36.8. The molecular weight excluding hydrogens is 465 g/mol. The molecule has 0 aliphatic carbocycles. The number of carboxylic acid groups (broad SMARTS) is 1. The van der Waals surface area contributed by atoms with E-state index in [1.165, 1.54) is 17.0 Å². The molecule has 1 N–H and O–H groups in total. The second-order valence-electron chi connectivity index (χ2n) is 8.64. The fourth-order valence-electron chi connectivity index (χ4n) is 4.55. The highest BCUT2D eigenvalue weighted by Gasteiger charge is 2.42. The summed E-state index contributed by atoms with van der Waals surface area (Å²) >= 11 is 0. The van der Waals surface area contributed by atoms with Crippen LogP contribution in [0.5, 0.6) is 5.75 Å². The van der Waals surface area contributed by atoms with Crippen LogP contribution in [0, 0.1) is 12.7 Å². The first-order chi connectivity index (χ1) is 17.3. The third-order valence-corrected chi connectivity index (χ3v) is 6.22. The average molecular weight is 490 g/mol. The Hall–Kier alpha value is -4.47. The van der Waals surface area contributed by atoms with Gasteiger partial charge in [-0.1, -0.05) is 18.2 Å². The minimum atomic E-state index is -1.02. The van der Waals surface area contributed by atoms with Gasteiger partial charge >= 0.3 is 5.97 Å². The third kappa shape index (κ3) is 4.33. The molecule has 184 valence electrons. The van der Waals surface area contributed by atoms with Gasteiger partial charge in [-0.3, -0.25) is 14.5 Å². The summed E-state index contributed by atoms with van der Waals surface area (Å²) in [5.74, 6) is -0.853. The Morgan fingerprint density at radius 2 is 2.03 bits per heavy atom. The van der Waals surface area contributed by atoms with E-state index in [-0.39, 0.29) is 36.0 Å². The highest BCUT2D eigenvalue weighted by Crippen LogP contribution is 2.36. The Kier molecular flexibility index (Phi) is 6.01. The maximum Gasteiger partial charge on any atom is 0.323 e. The van der Waals surface area contributed by atoms with Crippen LogP contribution in [0.3, 0.4) is 0 Å². The van der Waals surface area contributed by atoms with Gasteiger partial charge in [0.25, 0.3) is 5.91 Å². The highest BCUT2D eigenvalue weighted by molar-refractivity contribution is 6.14. The molecule has 2 aromatic carbocycles. The topological polar surface area (TPSA) is 100 Å². The van der Waals surface area contributed by atoms with E-state index >= 15 is 0 Å². The van der Waals surface area contributed by atoms with Crippen molar-refractivity contribution in [1.82, 2.24) is 19.4 Å². The lowest BCUT2D eigenvalue weighted by Gasteiger charge is -2.39. The van der Waals surface area contributed by atoms with Crippen molar-refractivity contribution in [1.29, 1.82) is 0 Å². The van der Waals surface area contributed by atoms with Crippen molar-refractivity contribution in [2.75, 3.05) is 20.2 Å². The molecule has 1 amide bonds. The van der Waals surface area contributed by atoms with Crippen molar-refractivity contribution in [3.8, 4) is 11.4 Å². The van der Waals surface area contributed by atoms with Crippen LogP contribution in [0.15, 0.2) is 65.7 Å². The number of hydrogen-bond acceptors (Lipinski definition) is 6. The number of aryl methyl sites for hydroxylation is 1. The molecule has 0 unspecified atom stereocenters. The van der Waals surface area contributed by atoms with Crippen molar-refractivity contribution in [3.63, 3.8) is 0 Å². The lowest BCUT2D eigenvalue weighted by atomic mass is 9.99. The van der Waals surface area contributed by atoms with Crippen LogP contribution in [-0.4, -0.2) is 62.5 Å². The molecule has 0 bridgehead atoms. The number of carboxylic acids is 1. The largest absolute Gasteiger partial charge is 0.495 e. The number of nitrogens with zero attached hydrogens (tertiary/aromatic N) is 5. The molecule has 10 heteroatoms. The van der Waals surface area contributed by atoms with Gasteiger partial charge in [0.2, 0.25) is 5.96 Å². The molecule has 2 aliphatic heterocycles. The summed E-state index contributed by atoms with van der Waals surface area (Å²) in [7, 11) is 1.57. The van der Waals surface area contributed by atoms with E-state index in [2.05, 4.69) is 9.98 Å². The number of hydrogen-bond donors (Lipinski definition) is 1. The number of methoxy groups -OCH3 is 1. The van der Waals surface area contributed by atoms with Crippen LogP contribution in [0.25, 0.3) is 11.8 Å². The molecule has 0 radical (unpaired) electrons. The molecule has 1 fully saturated rings. The number of aromatic nitrogens is 2. The minimum absolute atomic E-state index is 0.183. The number of halogens is 1. The highest BCUT2D eigenvalue weighted by atomic mass is 19.1. The monoisotopic (exact) mass is 489 g/mol. The molecule has 2 aliphatic rings. The fourth-order valence-corrected chi connectivity index (χ4v) is 4.55. The molecule has 1 atom stereocenters. The number of amides is 1. The summed E-state index contributed by atoms with van der Waals surface area (Å²) in [6.45, 7) is 2.02. The number of carbonyl (C=O) groups is 2. The molecule has 0 saturated carbocycles. The molecule has 5 rings (SSSR count). The zero-order chi connectivity index (χ0) is 25.4. The van der Waals surface area contributed by atoms with Gasteiger partial charge in [0.05, 0.1) is 30.9 Å². The van der Waals surface area contributed by atoms with Gasteiger partial charge in [0, 0.05) is 12.7 Å². The number of ether oxygens (including phenoxy) is 1. The molecular formula is C26H24FN5O4. The van der Waals surface area contributed by atoms with Gasteiger partial charge in [-0.05, 0) is 54.8 Å². The predicted octanol–water partition coefficient (Wildman–Crippen LogP) is 3.40. The standard InChI is InChI=1S/C26H24FN5O4/c1-16-13-31(15-28-16)22-8-3-17(12-23(22)36-2)11-20-25(35)32-21(18-4-6-19(27)7-5-18)9-10-30(14-24(33)34)26(32)29-20/h3-8,11-13,15,21H,9-10,14H2,1-2H3,(H,33,34)/t21-/m1/s1. The van der Waals surface area contributed by atoms with Crippen molar-refractivity contribution in [2.24, 2.45) is 4.99 Å². The lowest BCUT2D eigenvalue weighted by Crippen LogP contribution is -2.52. The van der Waals surface area contributed by atoms with Gasteiger partial charge in [-0.15, -0.1) is 0 Å². The van der Waals surface area contributed by atoms with Crippen LogP contribution in [-0.2, 0) is 9.59 Å². The van der Waals surface area contributed by atoms with E-state index in [1.54, 1.807) is 42.6 Å². The van der Waals surface area contributed by atoms with Gasteiger partial charge in [0.1, 0.15) is 23.8 Å². The molecule has 1 aromatic heterocycles. The zero-order valence-corrected chi connectivity index (χ0v) is 19.8. The van der Waals surface area contributed by atoms with Crippen molar-refractivity contribution >= 4 is 23.9 Å². The first-order valence-electron chi connectivity index (χ1n) is 11.4. The van der Waals surface area contributed by atoms with Gasteiger partial charge in [-0.25, -0.2) is 14.4 Å². The number of fused-ring (bicyclic) bond motifs is 1.